The predicted molar refractivity (Wildman–Crippen MR) is 90.2 cm³/mol. The summed E-state index contributed by atoms with van der Waals surface area (Å²) in [5.41, 5.74) is 3.57. The van der Waals surface area contributed by atoms with Crippen molar-refractivity contribution in [1.82, 2.24) is 19.4 Å². The van der Waals surface area contributed by atoms with Crippen molar-refractivity contribution in [1.29, 1.82) is 0 Å². The highest BCUT2D eigenvalue weighted by Crippen LogP contribution is 2.29. The van der Waals surface area contributed by atoms with Crippen molar-refractivity contribution in [3.63, 3.8) is 0 Å². The molecule has 0 saturated carbocycles. The zero-order chi connectivity index (χ0) is 15.8. The first-order chi connectivity index (χ1) is 11.2. The molecule has 6 nitrogen and oxygen atoms in total. The number of hydrogen-bond acceptors (Lipinski definition) is 6. The summed E-state index contributed by atoms with van der Waals surface area (Å²) in [6, 6.07) is 8.76. The van der Waals surface area contributed by atoms with Gasteiger partial charge in [-0.05, 0) is 37.3 Å². The van der Waals surface area contributed by atoms with Crippen molar-refractivity contribution in [2.45, 2.75) is 6.92 Å². The molecular weight excluding hydrogens is 390 g/mol. The highest BCUT2D eigenvalue weighted by atomic mass is 79.9. The Hall–Kier alpha value is -2.45. The van der Waals surface area contributed by atoms with Gasteiger partial charge in [-0.1, -0.05) is 0 Å². The Balaban J connectivity index is 0.00000169. The average molecular weight is 403 g/mol. The molecule has 0 aliphatic heterocycles. The number of nitrogens with one attached hydrogen (secondary N) is 1. The van der Waals surface area contributed by atoms with Crippen molar-refractivity contribution in [2.24, 2.45) is 0 Å². The Kier molecular flexibility index (Phi) is 4.50. The quantitative estimate of drug-likeness (QED) is 0.491. The molecule has 0 aliphatic carbocycles. The van der Waals surface area contributed by atoms with Gasteiger partial charge in [0.25, 0.3) is 0 Å². The second-order valence-electron chi connectivity index (χ2n) is 5.05. The van der Waals surface area contributed by atoms with Crippen LogP contribution in [0.25, 0.3) is 17.2 Å². The van der Waals surface area contributed by atoms with E-state index in [1.54, 1.807) is 30.5 Å². The predicted octanol–water partition coefficient (Wildman–Crippen LogP) is 0.614. The number of fused-ring (bicyclic) bond motifs is 1. The van der Waals surface area contributed by atoms with Crippen molar-refractivity contribution in [2.75, 3.05) is 5.32 Å². The first-order valence-electron chi connectivity index (χ1n) is 7.02. The summed E-state index contributed by atoms with van der Waals surface area (Å²) < 4.78 is 1.94. The van der Waals surface area contributed by atoms with Gasteiger partial charge in [0.1, 0.15) is 11.4 Å². The van der Waals surface area contributed by atoms with Crippen LogP contribution >= 0.6 is 11.3 Å². The van der Waals surface area contributed by atoms with Gasteiger partial charge in [-0.2, -0.15) is 0 Å². The van der Waals surface area contributed by atoms with E-state index in [9.17, 15) is 5.11 Å². The second kappa shape index (κ2) is 6.58. The Morgan fingerprint density at radius 3 is 2.75 bits per heavy atom. The fourth-order valence-corrected chi connectivity index (χ4v) is 3.13. The number of anilines is 2. The summed E-state index contributed by atoms with van der Waals surface area (Å²) in [4.78, 5) is 13.4. The average Bonchev–Trinajstić information content (AvgIpc) is 3.12. The molecule has 2 N–H and O–H groups in total. The summed E-state index contributed by atoms with van der Waals surface area (Å²) in [5.74, 6) is 0.908. The van der Waals surface area contributed by atoms with E-state index in [-0.39, 0.29) is 22.7 Å². The summed E-state index contributed by atoms with van der Waals surface area (Å²) in [5, 5.41) is 15.3. The number of aromatic nitrogens is 4. The number of aromatic hydroxyl groups is 1. The van der Waals surface area contributed by atoms with E-state index in [0.29, 0.717) is 5.78 Å². The van der Waals surface area contributed by atoms with Crippen LogP contribution in [0.4, 0.5) is 10.8 Å². The number of thiazole rings is 1. The van der Waals surface area contributed by atoms with Crippen LogP contribution in [0.1, 0.15) is 5.69 Å². The Morgan fingerprint density at radius 2 is 1.96 bits per heavy atom. The molecule has 0 saturated heterocycles. The molecule has 0 fully saturated rings. The maximum Gasteiger partial charge on any atom is 0.234 e. The number of phenolic OH excluding ortho intramolecular Hbond substituents is 1. The molecule has 0 unspecified atom stereocenters. The third-order valence-electron chi connectivity index (χ3n) is 3.44. The number of aryl methyl sites for hydroxylation is 1. The smallest absolute Gasteiger partial charge is 0.234 e. The van der Waals surface area contributed by atoms with Gasteiger partial charge in [0.15, 0.2) is 5.13 Å². The lowest BCUT2D eigenvalue weighted by Gasteiger charge is -2.02. The van der Waals surface area contributed by atoms with Gasteiger partial charge in [-0.25, -0.2) is 15.0 Å². The topological polar surface area (TPSA) is 75.3 Å². The first kappa shape index (κ1) is 16.4. The fraction of sp³-hybridized carbons (Fsp3) is 0.0625. The molecule has 0 radical (unpaired) electrons. The summed E-state index contributed by atoms with van der Waals surface area (Å²) in [7, 11) is 0. The SMILES string of the molecule is Cc1nc2ncccn2c1-c1csc(Nc2ccc(O)cc2)n1.[Br-]. The van der Waals surface area contributed by atoms with Crippen molar-refractivity contribution >= 4 is 27.9 Å². The Labute approximate surface area is 152 Å². The lowest BCUT2D eigenvalue weighted by atomic mass is 10.3. The van der Waals surface area contributed by atoms with Gasteiger partial charge in [0.05, 0.1) is 11.4 Å². The molecule has 0 bridgehead atoms. The van der Waals surface area contributed by atoms with Crippen LogP contribution in [0.2, 0.25) is 0 Å². The Morgan fingerprint density at radius 1 is 1.17 bits per heavy atom. The van der Waals surface area contributed by atoms with Crippen LogP contribution in [-0.4, -0.2) is 24.5 Å². The molecule has 122 valence electrons. The van der Waals surface area contributed by atoms with Crippen LogP contribution in [0.3, 0.4) is 0 Å². The number of benzene rings is 1. The van der Waals surface area contributed by atoms with E-state index in [1.807, 2.05) is 29.0 Å². The normalized spacial score (nSPS) is 10.5. The Bertz CT molecular complexity index is 980. The number of imidazole rings is 1. The van der Waals surface area contributed by atoms with E-state index in [4.69, 9.17) is 0 Å². The molecule has 3 heterocycles. The van der Waals surface area contributed by atoms with Gasteiger partial charge in [-0.15, -0.1) is 11.3 Å². The number of hydrogen-bond donors (Lipinski definition) is 2. The van der Waals surface area contributed by atoms with Gasteiger partial charge in [0, 0.05) is 23.5 Å². The molecule has 3 aromatic heterocycles. The monoisotopic (exact) mass is 402 g/mol. The van der Waals surface area contributed by atoms with Crippen molar-refractivity contribution in [3.05, 3.63) is 53.8 Å². The van der Waals surface area contributed by atoms with Crippen LogP contribution in [0, 0.1) is 6.92 Å². The summed E-state index contributed by atoms with van der Waals surface area (Å²) in [6.45, 7) is 1.95. The van der Waals surface area contributed by atoms with E-state index < -0.39 is 0 Å². The largest absolute Gasteiger partial charge is 1.00 e. The molecule has 0 spiro atoms. The molecule has 8 heteroatoms. The number of phenols is 1. The van der Waals surface area contributed by atoms with E-state index >= 15 is 0 Å². The van der Waals surface area contributed by atoms with Gasteiger partial charge < -0.3 is 27.4 Å². The maximum atomic E-state index is 9.33. The molecule has 0 aliphatic rings. The lowest BCUT2D eigenvalue weighted by Crippen LogP contribution is -3.00. The molecule has 4 aromatic rings. The van der Waals surface area contributed by atoms with E-state index in [0.717, 1.165) is 27.9 Å². The third-order valence-corrected chi connectivity index (χ3v) is 4.20. The molecule has 1 aromatic carbocycles. The maximum absolute atomic E-state index is 9.33. The number of nitrogens with zero attached hydrogens (tertiary/aromatic N) is 4. The van der Waals surface area contributed by atoms with Crippen LogP contribution < -0.4 is 22.3 Å². The molecule has 0 atom stereocenters. The van der Waals surface area contributed by atoms with Crippen molar-refractivity contribution in [3.8, 4) is 17.1 Å². The van der Waals surface area contributed by atoms with Crippen LogP contribution in [0.5, 0.6) is 5.75 Å². The fourth-order valence-electron chi connectivity index (χ4n) is 2.41. The van der Waals surface area contributed by atoms with E-state index in [1.165, 1.54) is 11.3 Å². The minimum absolute atomic E-state index is 0. The molecule has 0 amide bonds. The zero-order valence-electron chi connectivity index (χ0n) is 12.6. The molecule has 4 rings (SSSR count). The second-order valence-corrected chi connectivity index (χ2v) is 5.90. The summed E-state index contributed by atoms with van der Waals surface area (Å²) >= 11 is 1.52. The lowest BCUT2D eigenvalue weighted by molar-refractivity contribution is -0.00000585. The molecular formula is C16H13BrN5OS-. The minimum atomic E-state index is 0. The summed E-state index contributed by atoms with van der Waals surface area (Å²) in [6.07, 6.45) is 3.66. The van der Waals surface area contributed by atoms with Crippen LogP contribution in [-0.2, 0) is 0 Å². The van der Waals surface area contributed by atoms with Gasteiger partial charge >= 0.3 is 0 Å². The van der Waals surface area contributed by atoms with E-state index in [2.05, 4.69) is 20.3 Å². The highest BCUT2D eigenvalue weighted by Gasteiger charge is 2.14. The standard InChI is InChI=1S/C16H13N5OS.BrH/c1-10-14(21-8-2-7-17-15(21)18-10)13-9-23-16(20-13)19-11-3-5-12(22)6-4-11;/h2-9,22H,1H3,(H,19,20);1H/p-1. The van der Waals surface area contributed by atoms with Gasteiger partial charge in [0.2, 0.25) is 5.78 Å². The first-order valence-corrected chi connectivity index (χ1v) is 7.90. The van der Waals surface area contributed by atoms with Gasteiger partial charge in [-0.3, -0.25) is 4.40 Å². The minimum Gasteiger partial charge on any atom is -1.00 e. The zero-order valence-corrected chi connectivity index (χ0v) is 15.0. The number of halogens is 1. The third kappa shape index (κ3) is 2.98. The molecule has 24 heavy (non-hydrogen) atoms. The highest BCUT2D eigenvalue weighted by molar-refractivity contribution is 7.14. The van der Waals surface area contributed by atoms with Crippen LogP contribution in [0.15, 0.2) is 48.1 Å². The number of rotatable bonds is 3. The van der Waals surface area contributed by atoms with Crippen molar-refractivity contribution < 1.29 is 22.1 Å².